The number of phenolic OH excluding ortho intramolecular Hbond substituents is 1. The van der Waals surface area contributed by atoms with Crippen LogP contribution in [0.15, 0.2) is 18.2 Å². The van der Waals surface area contributed by atoms with Crippen LogP contribution in [-0.2, 0) is 9.53 Å². The first kappa shape index (κ1) is 17.9. The lowest BCUT2D eigenvalue weighted by Crippen LogP contribution is -2.41. The number of nitrogens with two attached hydrogens (primary N) is 1. The molecule has 0 saturated heterocycles. The fraction of sp³-hybridized carbons (Fsp3) is 0.364. The summed E-state index contributed by atoms with van der Waals surface area (Å²) in [5.74, 6) is -6.26. The van der Waals surface area contributed by atoms with Gasteiger partial charge in [-0.25, -0.2) is 4.79 Å². The molecule has 0 aliphatic carbocycles. The van der Waals surface area contributed by atoms with Gasteiger partial charge in [-0.2, -0.15) is 8.78 Å². The van der Waals surface area contributed by atoms with E-state index in [2.05, 4.69) is 4.74 Å². The van der Waals surface area contributed by atoms with Gasteiger partial charge in [-0.1, -0.05) is 23.7 Å². The highest BCUT2D eigenvalue weighted by Gasteiger charge is 2.48. The van der Waals surface area contributed by atoms with Crippen molar-refractivity contribution >= 4 is 30.0 Å². The molecule has 0 aromatic heterocycles. The second-order valence-corrected chi connectivity index (χ2v) is 3.91. The summed E-state index contributed by atoms with van der Waals surface area (Å²) in [6.45, 7) is 1.21. The van der Waals surface area contributed by atoms with E-state index in [0.717, 1.165) is 0 Å². The molecule has 4 nitrogen and oxygen atoms in total. The lowest BCUT2D eigenvalue weighted by Gasteiger charge is -2.22. The molecular weight excluding hydrogens is 303 g/mol. The molecule has 0 bridgehead atoms. The third-order valence-electron chi connectivity index (χ3n) is 2.29. The number of hydrogen-bond acceptors (Lipinski definition) is 4. The Morgan fingerprint density at radius 1 is 1.58 bits per heavy atom. The van der Waals surface area contributed by atoms with Gasteiger partial charge in [-0.15, -0.1) is 12.4 Å². The molecule has 1 aromatic carbocycles. The summed E-state index contributed by atoms with van der Waals surface area (Å²) < 4.78 is 31.5. The third kappa shape index (κ3) is 3.68. The molecule has 0 unspecified atom stereocenters. The Morgan fingerprint density at radius 2 is 2.16 bits per heavy atom. The fourth-order valence-electron chi connectivity index (χ4n) is 1.33. The van der Waals surface area contributed by atoms with Crippen molar-refractivity contribution in [3.05, 3.63) is 28.8 Å². The number of phenols is 1. The van der Waals surface area contributed by atoms with Gasteiger partial charge < -0.3 is 15.6 Å². The van der Waals surface area contributed by atoms with Crippen molar-refractivity contribution in [2.24, 2.45) is 5.73 Å². The number of rotatable bonds is 4. The van der Waals surface area contributed by atoms with Crippen LogP contribution in [0, 0.1) is 0 Å². The number of para-hydroxylation sites is 1. The van der Waals surface area contributed by atoms with E-state index in [1.54, 1.807) is 0 Å². The second kappa shape index (κ2) is 6.88. The van der Waals surface area contributed by atoms with E-state index in [1.807, 2.05) is 0 Å². The van der Waals surface area contributed by atoms with Crippen molar-refractivity contribution in [3.63, 3.8) is 0 Å². The summed E-state index contributed by atoms with van der Waals surface area (Å²) in [5.41, 5.74) is 4.99. The molecule has 0 aliphatic rings. The SMILES string of the molecule is CCOC(=O)C(F)(F)[C@@H](N)c1cccc(Cl)c1O.Cl. The molecule has 19 heavy (non-hydrogen) atoms. The van der Waals surface area contributed by atoms with E-state index in [4.69, 9.17) is 17.3 Å². The average molecular weight is 316 g/mol. The number of aromatic hydroxyl groups is 1. The van der Waals surface area contributed by atoms with Crippen LogP contribution in [0.25, 0.3) is 0 Å². The number of carbonyl (C=O) groups is 1. The summed E-state index contributed by atoms with van der Waals surface area (Å²) in [5, 5.41) is 9.42. The third-order valence-corrected chi connectivity index (χ3v) is 2.60. The topological polar surface area (TPSA) is 72.5 Å². The van der Waals surface area contributed by atoms with Crippen LogP contribution >= 0.6 is 24.0 Å². The normalized spacial score (nSPS) is 12.5. The van der Waals surface area contributed by atoms with Gasteiger partial charge in [0.2, 0.25) is 0 Å². The number of hydrogen-bond donors (Lipinski definition) is 2. The Balaban J connectivity index is 0.00000324. The van der Waals surface area contributed by atoms with E-state index in [9.17, 15) is 18.7 Å². The van der Waals surface area contributed by atoms with Gasteiger partial charge in [0.1, 0.15) is 11.8 Å². The molecular formula is C11H13Cl2F2NO3. The van der Waals surface area contributed by atoms with Crippen molar-refractivity contribution in [3.8, 4) is 5.75 Å². The van der Waals surface area contributed by atoms with E-state index in [1.165, 1.54) is 25.1 Å². The number of benzene rings is 1. The van der Waals surface area contributed by atoms with Crippen molar-refractivity contribution in [1.82, 2.24) is 0 Å². The van der Waals surface area contributed by atoms with Gasteiger partial charge in [-0.05, 0) is 13.0 Å². The van der Waals surface area contributed by atoms with Crippen LogP contribution < -0.4 is 5.73 Å². The molecule has 0 aliphatic heterocycles. The number of halogens is 4. The molecule has 0 spiro atoms. The molecule has 0 radical (unpaired) electrons. The fourth-order valence-corrected chi connectivity index (χ4v) is 1.51. The van der Waals surface area contributed by atoms with Crippen molar-refractivity contribution in [2.45, 2.75) is 18.9 Å². The summed E-state index contributed by atoms with van der Waals surface area (Å²) in [6.07, 6.45) is 0. The predicted molar refractivity (Wildman–Crippen MR) is 68.9 cm³/mol. The minimum absolute atomic E-state index is 0. The molecule has 8 heteroatoms. The molecule has 0 saturated carbocycles. The molecule has 1 rings (SSSR count). The number of esters is 1. The van der Waals surface area contributed by atoms with Gasteiger partial charge in [-0.3, -0.25) is 0 Å². The summed E-state index contributed by atoms with van der Waals surface area (Å²) in [6, 6.07) is 1.79. The summed E-state index contributed by atoms with van der Waals surface area (Å²) in [7, 11) is 0. The van der Waals surface area contributed by atoms with Crippen molar-refractivity contribution in [1.29, 1.82) is 0 Å². The quantitative estimate of drug-likeness (QED) is 0.838. The van der Waals surface area contributed by atoms with Gasteiger partial charge in [0.05, 0.1) is 11.6 Å². The zero-order chi connectivity index (χ0) is 13.9. The monoisotopic (exact) mass is 315 g/mol. The van der Waals surface area contributed by atoms with Crippen molar-refractivity contribution < 1.29 is 23.4 Å². The van der Waals surface area contributed by atoms with E-state index in [-0.39, 0.29) is 29.6 Å². The van der Waals surface area contributed by atoms with Gasteiger partial charge in [0, 0.05) is 5.56 Å². The molecule has 1 atom stereocenters. The standard InChI is InChI=1S/C11H12ClF2NO3.ClH/c1-2-18-10(17)11(13,14)9(15)6-4-3-5-7(12)8(6)16;/h3-5,9,16H,2,15H2,1H3;1H/t9-;/m0./s1. The molecule has 108 valence electrons. The van der Waals surface area contributed by atoms with E-state index >= 15 is 0 Å². The maximum Gasteiger partial charge on any atom is 0.379 e. The van der Waals surface area contributed by atoms with Crippen LogP contribution in [0.3, 0.4) is 0 Å². The zero-order valence-corrected chi connectivity index (χ0v) is 11.5. The Kier molecular flexibility index (Phi) is 6.48. The Labute approximate surface area is 119 Å². The lowest BCUT2D eigenvalue weighted by atomic mass is 10.0. The zero-order valence-electron chi connectivity index (χ0n) is 9.90. The van der Waals surface area contributed by atoms with Gasteiger partial charge >= 0.3 is 11.9 Å². The predicted octanol–water partition coefficient (Wildman–Crippen LogP) is 2.67. The highest BCUT2D eigenvalue weighted by Crippen LogP contribution is 2.37. The van der Waals surface area contributed by atoms with E-state index in [0.29, 0.717) is 0 Å². The first-order chi connectivity index (χ1) is 8.32. The molecule has 3 N–H and O–H groups in total. The first-order valence-corrected chi connectivity index (χ1v) is 5.48. The number of alkyl halides is 2. The maximum absolute atomic E-state index is 13.6. The Bertz CT molecular complexity index is 458. The van der Waals surface area contributed by atoms with Crippen LogP contribution in [0.5, 0.6) is 5.75 Å². The highest BCUT2D eigenvalue weighted by molar-refractivity contribution is 6.32. The smallest absolute Gasteiger partial charge is 0.379 e. The highest BCUT2D eigenvalue weighted by atomic mass is 35.5. The van der Waals surface area contributed by atoms with Gasteiger partial charge in [0.15, 0.2) is 0 Å². The molecule has 0 heterocycles. The minimum atomic E-state index is -3.95. The molecule has 0 fully saturated rings. The van der Waals surface area contributed by atoms with Crippen LogP contribution in [-0.4, -0.2) is 23.6 Å². The molecule has 0 amide bonds. The van der Waals surface area contributed by atoms with Crippen LogP contribution in [0.4, 0.5) is 8.78 Å². The largest absolute Gasteiger partial charge is 0.506 e. The summed E-state index contributed by atoms with van der Waals surface area (Å²) in [4.78, 5) is 11.1. The first-order valence-electron chi connectivity index (χ1n) is 5.10. The second-order valence-electron chi connectivity index (χ2n) is 3.50. The van der Waals surface area contributed by atoms with Crippen LogP contribution in [0.2, 0.25) is 5.02 Å². The number of ether oxygens (including phenoxy) is 1. The summed E-state index contributed by atoms with van der Waals surface area (Å²) >= 11 is 5.58. The number of carbonyl (C=O) groups excluding carboxylic acids is 1. The maximum atomic E-state index is 13.6. The van der Waals surface area contributed by atoms with Crippen molar-refractivity contribution in [2.75, 3.05) is 6.61 Å². The average Bonchev–Trinajstić information content (AvgIpc) is 2.32. The Morgan fingerprint density at radius 3 is 2.68 bits per heavy atom. The Hall–Kier alpha value is -1.11. The molecule has 1 aromatic rings. The van der Waals surface area contributed by atoms with Crippen LogP contribution in [0.1, 0.15) is 18.5 Å². The lowest BCUT2D eigenvalue weighted by molar-refractivity contribution is -0.174. The minimum Gasteiger partial charge on any atom is -0.506 e. The van der Waals surface area contributed by atoms with E-state index < -0.39 is 23.7 Å². The van der Waals surface area contributed by atoms with Gasteiger partial charge in [0.25, 0.3) is 0 Å².